The number of halogens is 1. The van der Waals surface area contributed by atoms with Crippen molar-refractivity contribution < 1.29 is 4.74 Å². The fourth-order valence-electron chi connectivity index (χ4n) is 1.86. The summed E-state index contributed by atoms with van der Waals surface area (Å²) in [6.45, 7) is 2.09. The largest absolute Gasteiger partial charge is 0.455 e. The quantitative estimate of drug-likeness (QED) is 0.773. The minimum Gasteiger partial charge on any atom is -0.455 e. The monoisotopic (exact) mass is 307 g/mol. The first-order valence-electron chi connectivity index (χ1n) is 6.43. The van der Waals surface area contributed by atoms with Gasteiger partial charge in [-0.15, -0.1) is 11.8 Å². The molecule has 20 heavy (non-hydrogen) atoms. The number of hydrogen-bond donors (Lipinski definition) is 1. The number of rotatable bonds is 5. The van der Waals surface area contributed by atoms with Gasteiger partial charge in [-0.05, 0) is 50.1 Å². The Hall–Kier alpha value is -1.16. The maximum Gasteiger partial charge on any atom is 0.146 e. The topological polar surface area (TPSA) is 21.3 Å². The molecule has 106 valence electrons. The molecule has 0 saturated heterocycles. The van der Waals surface area contributed by atoms with Crippen molar-refractivity contribution in [2.75, 3.05) is 13.3 Å². The van der Waals surface area contributed by atoms with E-state index in [0.717, 1.165) is 16.2 Å². The maximum absolute atomic E-state index is 6.32. The van der Waals surface area contributed by atoms with Crippen LogP contribution in [0, 0.1) is 0 Å². The van der Waals surface area contributed by atoms with E-state index < -0.39 is 0 Å². The predicted molar refractivity (Wildman–Crippen MR) is 87.2 cm³/mol. The molecule has 1 atom stereocenters. The minimum absolute atomic E-state index is 0.264. The van der Waals surface area contributed by atoms with E-state index in [1.165, 1.54) is 0 Å². The summed E-state index contributed by atoms with van der Waals surface area (Å²) in [7, 11) is 1.93. The Labute approximate surface area is 129 Å². The predicted octanol–water partition coefficient (Wildman–Crippen LogP) is 5.13. The molecule has 0 spiro atoms. The van der Waals surface area contributed by atoms with Crippen molar-refractivity contribution in [1.29, 1.82) is 0 Å². The fraction of sp³-hybridized carbons (Fsp3) is 0.250. The third-order valence-electron chi connectivity index (χ3n) is 3.18. The third-order valence-corrected chi connectivity index (χ3v) is 4.25. The van der Waals surface area contributed by atoms with E-state index >= 15 is 0 Å². The van der Waals surface area contributed by atoms with Gasteiger partial charge >= 0.3 is 0 Å². The SMILES string of the molecule is CNC(C)c1ccc(Oc2ccccc2SC)c(Cl)c1. The normalized spacial score (nSPS) is 12.2. The van der Waals surface area contributed by atoms with E-state index in [4.69, 9.17) is 16.3 Å². The molecule has 0 amide bonds. The Kier molecular flexibility index (Phi) is 5.35. The summed E-state index contributed by atoms with van der Waals surface area (Å²) >= 11 is 7.97. The fourth-order valence-corrected chi connectivity index (χ4v) is 2.61. The zero-order valence-electron chi connectivity index (χ0n) is 11.8. The van der Waals surface area contributed by atoms with Crippen molar-refractivity contribution in [3.8, 4) is 11.5 Å². The van der Waals surface area contributed by atoms with Gasteiger partial charge in [-0.1, -0.05) is 29.8 Å². The molecule has 0 heterocycles. The van der Waals surface area contributed by atoms with Gasteiger partial charge < -0.3 is 10.1 Å². The lowest BCUT2D eigenvalue weighted by Gasteiger charge is -2.14. The van der Waals surface area contributed by atoms with Gasteiger partial charge in [0.15, 0.2) is 0 Å². The molecule has 2 nitrogen and oxygen atoms in total. The second kappa shape index (κ2) is 7.02. The molecule has 0 aliphatic rings. The lowest BCUT2D eigenvalue weighted by molar-refractivity contribution is 0.471. The highest BCUT2D eigenvalue weighted by Crippen LogP contribution is 2.35. The molecule has 0 saturated carbocycles. The van der Waals surface area contributed by atoms with E-state index in [2.05, 4.69) is 12.2 Å². The van der Waals surface area contributed by atoms with Gasteiger partial charge in [-0.25, -0.2) is 0 Å². The Morgan fingerprint density at radius 1 is 1.15 bits per heavy atom. The first-order chi connectivity index (χ1) is 9.65. The highest BCUT2D eigenvalue weighted by molar-refractivity contribution is 7.98. The molecule has 1 N–H and O–H groups in total. The number of ether oxygens (including phenoxy) is 1. The van der Waals surface area contributed by atoms with Gasteiger partial charge in [0.2, 0.25) is 0 Å². The van der Waals surface area contributed by atoms with Crippen molar-refractivity contribution in [3.63, 3.8) is 0 Å². The molecule has 1 unspecified atom stereocenters. The average Bonchev–Trinajstić information content (AvgIpc) is 2.49. The Morgan fingerprint density at radius 2 is 1.90 bits per heavy atom. The van der Waals surface area contributed by atoms with Gasteiger partial charge in [0.05, 0.1) is 5.02 Å². The van der Waals surface area contributed by atoms with Gasteiger partial charge in [-0.3, -0.25) is 0 Å². The molecule has 0 fully saturated rings. The molecule has 0 aromatic heterocycles. The van der Waals surface area contributed by atoms with Crippen LogP contribution < -0.4 is 10.1 Å². The Balaban J connectivity index is 2.26. The van der Waals surface area contributed by atoms with Crippen LogP contribution in [0.15, 0.2) is 47.4 Å². The van der Waals surface area contributed by atoms with Gasteiger partial charge in [0, 0.05) is 10.9 Å². The van der Waals surface area contributed by atoms with Crippen LogP contribution in [0.4, 0.5) is 0 Å². The number of thioether (sulfide) groups is 1. The van der Waals surface area contributed by atoms with Gasteiger partial charge in [-0.2, -0.15) is 0 Å². The van der Waals surface area contributed by atoms with Crippen LogP contribution in [0.5, 0.6) is 11.5 Å². The maximum atomic E-state index is 6.32. The Morgan fingerprint density at radius 3 is 2.55 bits per heavy atom. The van der Waals surface area contributed by atoms with Crippen LogP contribution in [-0.2, 0) is 0 Å². The number of hydrogen-bond acceptors (Lipinski definition) is 3. The lowest BCUT2D eigenvalue weighted by Crippen LogP contribution is -2.12. The van der Waals surface area contributed by atoms with Crippen molar-refractivity contribution in [2.24, 2.45) is 0 Å². The summed E-state index contributed by atoms with van der Waals surface area (Å²) in [5.41, 5.74) is 1.14. The highest BCUT2D eigenvalue weighted by atomic mass is 35.5. The standard InChI is InChI=1S/C16H18ClNOS/c1-11(18-2)12-8-9-14(13(17)10-12)19-15-6-4-5-7-16(15)20-3/h4-11,18H,1-3H3. The molecule has 2 aromatic carbocycles. The zero-order valence-corrected chi connectivity index (χ0v) is 13.4. The molecule has 2 rings (SSSR count). The summed E-state index contributed by atoms with van der Waals surface area (Å²) in [4.78, 5) is 1.09. The molecular weight excluding hydrogens is 290 g/mol. The van der Waals surface area contributed by atoms with Crippen LogP contribution in [0.1, 0.15) is 18.5 Å². The smallest absolute Gasteiger partial charge is 0.146 e. The van der Waals surface area contributed by atoms with Gasteiger partial charge in [0.1, 0.15) is 11.5 Å². The van der Waals surface area contributed by atoms with Crippen molar-refractivity contribution in [3.05, 3.63) is 53.1 Å². The summed E-state index contributed by atoms with van der Waals surface area (Å²) in [6, 6.07) is 14.1. The van der Waals surface area contributed by atoms with Crippen LogP contribution in [0.25, 0.3) is 0 Å². The van der Waals surface area contributed by atoms with Crippen molar-refractivity contribution in [2.45, 2.75) is 17.9 Å². The second-order valence-corrected chi connectivity index (χ2v) is 5.71. The minimum atomic E-state index is 0.264. The summed E-state index contributed by atoms with van der Waals surface area (Å²) in [6.07, 6.45) is 2.03. The van der Waals surface area contributed by atoms with Crippen molar-refractivity contribution >= 4 is 23.4 Å². The van der Waals surface area contributed by atoms with E-state index in [0.29, 0.717) is 10.8 Å². The van der Waals surface area contributed by atoms with E-state index in [1.54, 1.807) is 11.8 Å². The highest BCUT2D eigenvalue weighted by Gasteiger charge is 2.09. The van der Waals surface area contributed by atoms with E-state index in [9.17, 15) is 0 Å². The van der Waals surface area contributed by atoms with Crippen molar-refractivity contribution in [1.82, 2.24) is 5.32 Å². The summed E-state index contributed by atoms with van der Waals surface area (Å²) < 4.78 is 5.93. The molecule has 0 radical (unpaired) electrons. The number of benzene rings is 2. The average molecular weight is 308 g/mol. The summed E-state index contributed by atoms with van der Waals surface area (Å²) in [5, 5.41) is 3.82. The van der Waals surface area contributed by atoms with Crippen LogP contribution in [0.2, 0.25) is 5.02 Å². The van der Waals surface area contributed by atoms with E-state index in [1.807, 2.05) is 55.8 Å². The molecule has 2 aromatic rings. The third kappa shape index (κ3) is 3.48. The molecular formula is C16H18ClNOS. The molecule has 0 aliphatic carbocycles. The molecule has 0 aliphatic heterocycles. The second-order valence-electron chi connectivity index (χ2n) is 4.45. The molecule has 4 heteroatoms. The lowest BCUT2D eigenvalue weighted by atomic mass is 10.1. The summed E-state index contributed by atoms with van der Waals surface area (Å²) in [5.74, 6) is 1.51. The zero-order chi connectivity index (χ0) is 14.5. The first-order valence-corrected chi connectivity index (χ1v) is 8.03. The van der Waals surface area contributed by atoms with Crippen LogP contribution in [0.3, 0.4) is 0 Å². The van der Waals surface area contributed by atoms with Crippen LogP contribution >= 0.6 is 23.4 Å². The number of nitrogens with one attached hydrogen (secondary N) is 1. The molecule has 0 bridgehead atoms. The number of para-hydroxylation sites is 1. The van der Waals surface area contributed by atoms with Crippen LogP contribution in [-0.4, -0.2) is 13.3 Å². The van der Waals surface area contributed by atoms with Gasteiger partial charge in [0.25, 0.3) is 0 Å². The first kappa shape index (κ1) is 15.2. The van der Waals surface area contributed by atoms with E-state index in [-0.39, 0.29) is 6.04 Å². The Bertz CT molecular complexity index is 588.